The third kappa shape index (κ3) is 4.99. The molecule has 0 unspecified atom stereocenters. The zero-order valence-electron chi connectivity index (χ0n) is 29.6. The van der Waals surface area contributed by atoms with Gasteiger partial charge in [0.15, 0.2) is 0 Å². The first-order valence-electron chi connectivity index (χ1n) is 18.7. The molecule has 0 N–H and O–H groups in total. The van der Waals surface area contributed by atoms with E-state index in [9.17, 15) is 0 Å². The second-order valence-corrected chi connectivity index (χ2v) is 14.5. The number of hydrogen-bond acceptors (Lipinski definition) is 0. The van der Waals surface area contributed by atoms with Crippen molar-refractivity contribution in [2.24, 2.45) is 0 Å². The van der Waals surface area contributed by atoms with Crippen LogP contribution >= 0.6 is 0 Å². The molecule has 0 aliphatic heterocycles. The molecule has 11 aromatic rings. The van der Waals surface area contributed by atoms with Crippen molar-refractivity contribution >= 4 is 64.6 Å². The van der Waals surface area contributed by atoms with Crippen molar-refractivity contribution in [3.8, 4) is 44.5 Å². The van der Waals surface area contributed by atoms with Gasteiger partial charge in [0.05, 0.1) is 0 Å². The molecule has 0 atom stereocenters. The van der Waals surface area contributed by atoms with Gasteiger partial charge in [0.25, 0.3) is 0 Å². The van der Waals surface area contributed by atoms with E-state index >= 15 is 0 Å². The second kappa shape index (κ2) is 12.3. The molecule has 0 amide bonds. The monoisotopic (exact) mass is 682 g/mol. The van der Waals surface area contributed by atoms with Crippen molar-refractivity contribution in [3.05, 3.63) is 206 Å². The van der Waals surface area contributed by atoms with E-state index in [1.54, 1.807) is 0 Å². The Morgan fingerprint density at radius 2 is 0.574 bits per heavy atom. The molecule has 250 valence electrons. The van der Waals surface area contributed by atoms with E-state index in [2.05, 4.69) is 206 Å². The van der Waals surface area contributed by atoms with Crippen LogP contribution in [0.25, 0.3) is 109 Å². The maximum absolute atomic E-state index is 2.43. The van der Waals surface area contributed by atoms with Crippen molar-refractivity contribution in [1.29, 1.82) is 0 Å². The normalized spacial score (nSPS) is 11.7. The smallest absolute Gasteiger partial charge is 0.00259 e. The van der Waals surface area contributed by atoms with E-state index < -0.39 is 0 Å². The highest BCUT2D eigenvalue weighted by molar-refractivity contribution is 6.22. The Bertz CT molecular complexity index is 3270. The van der Waals surface area contributed by atoms with Crippen molar-refractivity contribution in [3.63, 3.8) is 0 Å². The highest BCUT2D eigenvalue weighted by atomic mass is 14.2. The molecule has 0 spiro atoms. The minimum atomic E-state index is 1.21. The zero-order valence-corrected chi connectivity index (χ0v) is 29.6. The molecule has 0 saturated carbocycles. The summed E-state index contributed by atoms with van der Waals surface area (Å²) in [4.78, 5) is 0. The van der Waals surface area contributed by atoms with E-state index in [0.29, 0.717) is 0 Å². The molecule has 0 aliphatic carbocycles. The molecule has 0 saturated heterocycles. The van der Waals surface area contributed by atoms with Crippen LogP contribution in [0, 0.1) is 0 Å². The quantitative estimate of drug-likeness (QED) is 0.162. The van der Waals surface area contributed by atoms with Crippen LogP contribution in [0.4, 0.5) is 0 Å². The molecular weight excluding hydrogens is 649 g/mol. The fraction of sp³-hybridized carbons (Fsp3) is 0. The maximum Gasteiger partial charge on any atom is -0.00259 e. The SMILES string of the molecule is c1ccc2cc(-c3c4ccccc4c(-c4ccc5ccccc5c4)c4cc(-c5ccc6cc(-c7cccc8ccccc78)ccc6c5)ccc34)ccc2c1. The zero-order chi connectivity index (χ0) is 35.6. The van der Waals surface area contributed by atoms with Crippen molar-refractivity contribution in [1.82, 2.24) is 0 Å². The lowest BCUT2D eigenvalue weighted by Gasteiger charge is -2.19. The van der Waals surface area contributed by atoms with E-state index in [4.69, 9.17) is 0 Å². The van der Waals surface area contributed by atoms with Crippen LogP contribution in [0.2, 0.25) is 0 Å². The van der Waals surface area contributed by atoms with Crippen LogP contribution < -0.4 is 0 Å². The molecule has 0 aromatic heterocycles. The molecule has 11 aromatic carbocycles. The number of hydrogen-bond donors (Lipinski definition) is 0. The standard InChI is InChI=1S/C54H34/c1-3-13-38-32-45(26-20-35(38)10-1)53-49-17-7-8-18-50(49)54(46-27-21-36-11-2-4-14-39(36)33-46)52-34-43(28-29-51(52)53)41-22-23-42-31-44(25-24-40(42)30-41)48-19-9-15-37-12-5-6-16-47(37)48/h1-34H. The van der Waals surface area contributed by atoms with E-state index in [-0.39, 0.29) is 0 Å². The van der Waals surface area contributed by atoms with Gasteiger partial charge < -0.3 is 0 Å². The fourth-order valence-corrected chi connectivity index (χ4v) is 8.74. The first-order valence-corrected chi connectivity index (χ1v) is 18.7. The van der Waals surface area contributed by atoms with Gasteiger partial charge >= 0.3 is 0 Å². The van der Waals surface area contributed by atoms with Crippen LogP contribution in [-0.2, 0) is 0 Å². The number of fused-ring (bicyclic) bond motifs is 6. The number of benzene rings is 11. The Morgan fingerprint density at radius 3 is 1.24 bits per heavy atom. The van der Waals surface area contributed by atoms with Crippen LogP contribution in [0.1, 0.15) is 0 Å². The second-order valence-electron chi connectivity index (χ2n) is 14.5. The molecule has 0 fully saturated rings. The van der Waals surface area contributed by atoms with Crippen LogP contribution in [0.15, 0.2) is 206 Å². The molecule has 0 aliphatic rings. The molecule has 0 heterocycles. The minimum Gasteiger partial charge on any atom is -0.0616 e. The summed E-state index contributed by atoms with van der Waals surface area (Å²) in [5.74, 6) is 0. The predicted molar refractivity (Wildman–Crippen MR) is 233 cm³/mol. The van der Waals surface area contributed by atoms with Crippen LogP contribution in [0.3, 0.4) is 0 Å². The Balaban J connectivity index is 1.13. The molecule has 0 bridgehead atoms. The summed E-state index contributed by atoms with van der Waals surface area (Å²) in [5, 5.41) is 15.1. The summed E-state index contributed by atoms with van der Waals surface area (Å²) in [5.41, 5.74) is 9.96. The molecular formula is C54H34. The third-order valence-electron chi connectivity index (χ3n) is 11.4. The Morgan fingerprint density at radius 1 is 0.185 bits per heavy atom. The van der Waals surface area contributed by atoms with Crippen molar-refractivity contribution < 1.29 is 0 Å². The average molecular weight is 683 g/mol. The summed E-state index contributed by atoms with van der Waals surface area (Å²) in [6.45, 7) is 0. The topological polar surface area (TPSA) is 0 Å². The molecule has 0 heteroatoms. The van der Waals surface area contributed by atoms with Gasteiger partial charge in [-0.25, -0.2) is 0 Å². The Hall–Kier alpha value is -7.02. The Labute approximate surface area is 314 Å². The van der Waals surface area contributed by atoms with Gasteiger partial charge in [-0.15, -0.1) is 0 Å². The Kier molecular flexibility index (Phi) is 6.97. The van der Waals surface area contributed by atoms with E-state index in [1.165, 1.54) is 109 Å². The molecule has 54 heavy (non-hydrogen) atoms. The fourth-order valence-electron chi connectivity index (χ4n) is 8.74. The summed E-state index contributed by atoms with van der Waals surface area (Å²) in [6, 6.07) is 76.3. The molecule has 0 nitrogen and oxygen atoms in total. The van der Waals surface area contributed by atoms with E-state index in [1.807, 2.05) is 0 Å². The lowest BCUT2D eigenvalue weighted by atomic mass is 9.84. The van der Waals surface area contributed by atoms with Gasteiger partial charge in [0.1, 0.15) is 0 Å². The first-order chi connectivity index (χ1) is 26.7. The van der Waals surface area contributed by atoms with Crippen LogP contribution in [0.5, 0.6) is 0 Å². The van der Waals surface area contributed by atoms with Gasteiger partial charge in [-0.05, 0) is 139 Å². The van der Waals surface area contributed by atoms with E-state index in [0.717, 1.165) is 0 Å². The average Bonchev–Trinajstić information content (AvgIpc) is 3.24. The van der Waals surface area contributed by atoms with Gasteiger partial charge in [0.2, 0.25) is 0 Å². The minimum absolute atomic E-state index is 1.21. The van der Waals surface area contributed by atoms with Crippen LogP contribution in [-0.4, -0.2) is 0 Å². The predicted octanol–water partition coefficient (Wildman–Crippen LogP) is 15.3. The van der Waals surface area contributed by atoms with Gasteiger partial charge in [0, 0.05) is 0 Å². The molecule has 11 rings (SSSR count). The summed E-state index contributed by atoms with van der Waals surface area (Å²) < 4.78 is 0. The number of rotatable bonds is 4. The highest BCUT2D eigenvalue weighted by Crippen LogP contribution is 2.46. The molecule has 0 radical (unpaired) electrons. The summed E-state index contributed by atoms with van der Waals surface area (Å²) in [7, 11) is 0. The lowest BCUT2D eigenvalue weighted by Crippen LogP contribution is -1.92. The summed E-state index contributed by atoms with van der Waals surface area (Å²) in [6.07, 6.45) is 0. The van der Waals surface area contributed by atoms with Gasteiger partial charge in [-0.3, -0.25) is 0 Å². The summed E-state index contributed by atoms with van der Waals surface area (Å²) >= 11 is 0. The van der Waals surface area contributed by atoms with Gasteiger partial charge in [-0.2, -0.15) is 0 Å². The maximum atomic E-state index is 2.43. The third-order valence-corrected chi connectivity index (χ3v) is 11.4. The lowest BCUT2D eigenvalue weighted by molar-refractivity contribution is 1.65. The van der Waals surface area contributed by atoms with Crippen molar-refractivity contribution in [2.75, 3.05) is 0 Å². The largest absolute Gasteiger partial charge is 0.0616 e. The first kappa shape index (κ1) is 30.6. The van der Waals surface area contributed by atoms with Gasteiger partial charge in [-0.1, -0.05) is 176 Å². The highest BCUT2D eigenvalue weighted by Gasteiger charge is 2.18. The van der Waals surface area contributed by atoms with Crippen molar-refractivity contribution in [2.45, 2.75) is 0 Å².